The molecule has 0 saturated carbocycles. The topological polar surface area (TPSA) is 113 Å². The summed E-state index contributed by atoms with van der Waals surface area (Å²) in [5.41, 5.74) is -0.0356. The average Bonchev–Trinajstić information content (AvgIpc) is 3.43. The van der Waals surface area contributed by atoms with E-state index in [1.165, 1.54) is 65.5 Å². The zero-order valence-electron chi connectivity index (χ0n) is 18.2. The lowest BCUT2D eigenvalue weighted by molar-refractivity contribution is 0.00659. The number of H-pyrrole nitrogens is 1. The second kappa shape index (κ2) is 9.65. The molecule has 174 valence electrons. The van der Waals surface area contributed by atoms with E-state index in [1.807, 2.05) is 0 Å². The molecule has 3 heterocycles. The van der Waals surface area contributed by atoms with Gasteiger partial charge in [-0.15, -0.1) is 4.80 Å². The number of fused-ring (bicyclic) bond motifs is 1. The van der Waals surface area contributed by atoms with Gasteiger partial charge in [-0.05, 0) is 25.1 Å². The maximum absolute atomic E-state index is 14.1. The molecule has 0 saturated heterocycles. The number of ether oxygens (including phenoxy) is 3. The highest BCUT2D eigenvalue weighted by Gasteiger charge is 2.24. The summed E-state index contributed by atoms with van der Waals surface area (Å²) in [6, 6.07) is 4.09. The fraction of sp³-hybridized carbons (Fsp3) is 0.333. The van der Waals surface area contributed by atoms with E-state index in [0.717, 1.165) is 0 Å². The predicted molar refractivity (Wildman–Crippen MR) is 120 cm³/mol. The van der Waals surface area contributed by atoms with Crippen molar-refractivity contribution < 1.29 is 18.6 Å². The molecule has 0 fully saturated rings. The third kappa shape index (κ3) is 4.45. The van der Waals surface area contributed by atoms with Gasteiger partial charge in [0.1, 0.15) is 27.5 Å². The molecule has 0 radical (unpaired) electrons. The van der Waals surface area contributed by atoms with Crippen LogP contribution < -0.4 is 16.0 Å². The second-order valence-corrected chi connectivity index (χ2v) is 8.12. The number of methoxy groups -OCH3 is 2. The van der Waals surface area contributed by atoms with E-state index in [9.17, 15) is 14.0 Å². The van der Waals surface area contributed by atoms with Gasteiger partial charge in [-0.1, -0.05) is 11.3 Å². The Bertz CT molecular complexity index is 1380. The van der Waals surface area contributed by atoms with Crippen molar-refractivity contribution in [3.05, 3.63) is 68.4 Å². The van der Waals surface area contributed by atoms with Gasteiger partial charge in [0.05, 0.1) is 44.6 Å². The number of aryl methyl sites for hydroxylation is 1. The van der Waals surface area contributed by atoms with Gasteiger partial charge in [-0.25, -0.2) is 9.18 Å². The molecule has 1 atom stereocenters. The van der Waals surface area contributed by atoms with Crippen LogP contribution >= 0.6 is 11.3 Å². The highest BCUT2D eigenvalue weighted by molar-refractivity contribution is 7.21. The number of hydrogen-bond donors (Lipinski definition) is 1. The molecule has 12 heteroatoms. The van der Waals surface area contributed by atoms with Crippen molar-refractivity contribution in [3.8, 4) is 10.8 Å². The highest BCUT2D eigenvalue weighted by Crippen LogP contribution is 2.33. The van der Waals surface area contributed by atoms with Crippen LogP contribution in [0.25, 0.3) is 15.2 Å². The van der Waals surface area contributed by atoms with Crippen LogP contribution in [0, 0.1) is 12.7 Å². The maximum atomic E-state index is 14.1. The molecular formula is C21H22FN5O5S. The van der Waals surface area contributed by atoms with Crippen molar-refractivity contribution in [3.63, 3.8) is 0 Å². The van der Waals surface area contributed by atoms with Crippen LogP contribution in [-0.2, 0) is 16.0 Å². The molecule has 33 heavy (non-hydrogen) atoms. The van der Waals surface area contributed by atoms with Gasteiger partial charge in [0.15, 0.2) is 0 Å². The maximum Gasteiger partial charge on any atom is 0.329 e. The molecule has 0 aliphatic carbocycles. The van der Waals surface area contributed by atoms with Gasteiger partial charge in [-0.2, -0.15) is 10.2 Å². The van der Waals surface area contributed by atoms with Crippen LogP contribution in [0.5, 0.6) is 5.75 Å². The quantitative estimate of drug-likeness (QED) is 0.369. The third-order valence-corrected chi connectivity index (χ3v) is 6.42. The van der Waals surface area contributed by atoms with E-state index in [2.05, 4.69) is 15.2 Å². The standard InChI is InChI=1S/C21H22FN5O5S/c1-12-17-18(28)25-21(29)26(20(17)33-19(12)27-23-6-7-24-27)11-16(32-9-8-30-2)14-10-13(22)4-5-15(14)31-3/h4-7,10,16H,8-9,11H2,1-3H3,(H,25,28,29)/t16-/m0/s1. The Balaban J connectivity index is 1.85. The molecule has 0 spiro atoms. The molecular weight excluding hydrogens is 453 g/mol. The normalized spacial score (nSPS) is 12.4. The lowest BCUT2D eigenvalue weighted by atomic mass is 10.1. The Morgan fingerprint density at radius 1 is 1.18 bits per heavy atom. The molecule has 10 nitrogen and oxygen atoms in total. The summed E-state index contributed by atoms with van der Waals surface area (Å²) in [7, 11) is 3.01. The SMILES string of the molecule is COCCO[C@@H](Cn1c(=O)[nH]c(=O)c2c(C)c(-n3nccn3)sc21)c1cc(F)ccc1OC. The van der Waals surface area contributed by atoms with Gasteiger partial charge in [-0.3, -0.25) is 14.3 Å². The number of hydrogen-bond acceptors (Lipinski definition) is 8. The number of thiophene rings is 1. The highest BCUT2D eigenvalue weighted by atomic mass is 32.1. The number of aromatic amines is 1. The first kappa shape index (κ1) is 22.8. The summed E-state index contributed by atoms with van der Waals surface area (Å²) in [5, 5.41) is 9.24. The molecule has 4 aromatic rings. The molecule has 1 N–H and O–H groups in total. The molecule has 4 rings (SSSR count). The van der Waals surface area contributed by atoms with Crippen LogP contribution in [0.4, 0.5) is 4.39 Å². The summed E-state index contributed by atoms with van der Waals surface area (Å²) < 4.78 is 31.9. The van der Waals surface area contributed by atoms with Crippen LogP contribution in [0.15, 0.2) is 40.2 Å². The van der Waals surface area contributed by atoms with Crippen LogP contribution in [0.1, 0.15) is 17.2 Å². The molecule has 0 aliphatic heterocycles. The van der Waals surface area contributed by atoms with Crippen LogP contribution in [-0.4, -0.2) is 52.0 Å². The summed E-state index contributed by atoms with van der Waals surface area (Å²) >= 11 is 1.21. The Labute approximate surface area is 191 Å². The van der Waals surface area contributed by atoms with Gasteiger partial charge in [0.25, 0.3) is 5.56 Å². The smallest absolute Gasteiger partial charge is 0.329 e. The Morgan fingerprint density at radius 2 is 1.94 bits per heavy atom. The minimum atomic E-state index is -0.758. The molecule has 3 aromatic heterocycles. The number of rotatable bonds is 9. The first-order valence-electron chi connectivity index (χ1n) is 10.0. The summed E-state index contributed by atoms with van der Waals surface area (Å²) in [6.45, 7) is 2.27. The van der Waals surface area contributed by atoms with Crippen molar-refractivity contribution in [1.29, 1.82) is 0 Å². The largest absolute Gasteiger partial charge is 0.496 e. The number of aromatic nitrogens is 5. The third-order valence-electron chi connectivity index (χ3n) is 5.13. The van der Waals surface area contributed by atoms with Gasteiger partial charge in [0, 0.05) is 18.2 Å². The lowest BCUT2D eigenvalue weighted by Gasteiger charge is -2.22. The van der Waals surface area contributed by atoms with Crippen molar-refractivity contribution in [1.82, 2.24) is 24.5 Å². The van der Waals surface area contributed by atoms with E-state index < -0.39 is 23.2 Å². The average molecular weight is 476 g/mol. The van der Waals surface area contributed by atoms with Crippen LogP contribution in [0.2, 0.25) is 0 Å². The van der Waals surface area contributed by atoms with Crippen molar-refractivity contribution in [2.45, 2.75) is 19.6 Å². The van der Waals surface area contributed by atoms with Crippen molar-refractivity contribution in [2.75, 3.05) is 27.4 Å². The number of halogens is 1. The molecule has 1 aromatic carbocycles. The van der Waals surface area contributed by atoms with Gasteiger partial charge >= 0.3 is 5.69 Å². The molecule has 0 aliphatic rings. The van der Waals surface area contributed by atoms with E-state index >= 15 is 0 Å². The van der Waals surface area contributed by atoms with E-state index in [0.29, 0.717) is 38.7 Å². The van der Waals surface area contributed by atoms with Gasteiger partial charge in [0.2, 0.25) is 0 Å². The lowest BCUT2D eigenvalue weighted by Crippen LogP contribution is -2.32. The second-order valence-electron chi connectivity index (χ2n) is 7.14. The number of nitrogens with zero attached hydrogens (tertiary/aromatic N) is 4. The zero-order chi connectivity index (χ0) is 23.5. The first-order chi connectivity index (χ1) is 15.9. The molecule has 0 unspecified atom stereocenters. The van der Waals surface area contributed by atoms with Crippen LogP contribution in [0.3, 0.4) is 0 Å². The Kier molecular flexibility index (Phi) is 6.67. The predicted octanol–water partition coefficient (Wildman–Crippen LogP) is 2.19. The minimum absolute atomic E-state index is 0.00156. The summed E-state index contributed by atoms with van der Waals surface area (Å²) in [6.07, 6.45) is 2.29. The summed E-state index contributed by atoms with van der Waals surface area (Å²) in [5.74, 6) is -0.0551. The first-order valence-corrected chi connectivity index (χ1v) is 10.8. The Hall–Kier alpha value is -3.35. The fourth-order valence-electron chi connectivity index (χ4n) is 3.58. The monoisotopic (exact) mass is 475 g/mol. The van der Waals surface area contributed by atoms with Crippen molar-refractivity contribution >= 4 is 21.6 Å². The number of nitrogens with one attached hydrogen (secondary N) is 1. The van der Waals surface area contributed by atoms with Gasteiger partial charge < -0.3 is 14.2 Å². The van der Waals surface area contributed by atoms with E-state index in [4.69, 9.17) is 14.2 Å². The Morgan fingerprint density at radius 3 is 2.64 bits per heavy atom. The van der Waals surface area contributed by atoms with E-state index in [1.54, 1.807) is 6.92 Å². The van der Waals surface area contributed by atoms with Crippen molar-refractivity contribution in [2.24, 2.45) is 0 Å². The molecule has 0 amide bonds. The number of benzene rings is 1. The fourth-order valence-corrected chi connectivity index (χ4v) is 4.81. The van der Waals surface area contributed by atoms with E-state index in [-0.39, 0.29) is 13.2 Å². The summed E-state index contributed by atoms with van der Waals surface area (Å²) in [4.78, 5) is 29.7. The zero-order valence-corrected chi connectivity index (χ0v) is 19.0. The minimum Gasteiger partial charge on any atom is -0.496 e. The molecule has 0 bridgehead atoms.